The van der Waals surface area contributed by atoms with E-state index in [0.29, 0.717) is 12.0 Å². The summed E-state index contributed by atoms with van der Waals surface area (Å²) in [5, 5.41) is 0. The lowest BCUT2D eigenvalue weighted by Crippen LogP contribution is -2.16. The molecule has 0 unspecified atom stereocenters. The molecule has 0 aromatic heterocycles. The van der Waals surface area contributed by atoms with E-state index in [-0.39, 0.29) is 5.91 Å². The fourth-order valence-corrected chi connectivity index (χ4v) is 1.38. The van der Waals surface area contributed by atoms with Crippen molar-refractivity contribution in [3.05, 3.63) is 28.5 Å². The van der Waals surface area contributed by atoms with Gasteiger partial charge >= 0.3 is 0 Å². The Morgan fingerprint density at radius 2 is 2.36 bits per heavy atom. The number of nitrogens with two attached hydrogens (primary N) is 1. The summed E-state index contributed by atoms with van der Waals surface area (Å²) < 4.78 is 0. The second kappa shape index (κ2) is 2.11. The summed E-state index contributed by atoms with van der Waals surface area (Å²) in [5.41, 5.74) is 11.3. The van der Waals surface area contributed by atoms with Crippen LogP contribution in [0.1, 0.15) is 19.3 Å². The third kappa shape index (κ3) is 0.920. The Morgan fingerprint density at radius 1 is 1.55 bits per heavy atom. The van der Waals surface area contributed by atoms with Crippen LogP contribution in [0.25, 0.3) is 0 Å². The summed E-state index contributed by atoms with van der Waals surface area (Å²) in [7, 11) is 0. The van der Waals surface area contributed by atoms with Crippen LogP contribution in [-0.2, 0) is 4.79 Å². The van der Waals surface area contributed by atoms with Crippen LogP contribution in [0.4, 0.5) is 0 Å². The van der Waals surface area contributed by atoms with Gasteiger partial charge in [-0.15, -0.1) is 5.73 Å². The van der Waals surface area contributed by atoms with Gasteiger partial charge in [-0.2, -0.15) is 0 Å². The number of hydrogen-bond acceptors (Lipinski definition) is 1. The van der Waals surface area contributed by atoms with Crippen LogP contribution in [0.3, 0.4) is 0 Å². The van der Waals surface area contributed by atoms with E-state index in [1.807, 2.05) is 0 Å². The van der Waals surface area contributed by atoms with Gasteiger partial charge in [-0.25, -0.2) is 0 Å². The Bertz CT molecular complexity index is 316. The number of allylic oxidation sites excluding steroid dienone is 2. The van der Waals surface area contributed by atoms with Crippen molar-refractivity contribution in [2.24, 2.45) is 5.73 Å². The standard InChI is InChI=1S/C9H9NO/c10-9(11)8-4-2-6-1-3-7(6)5-8/h2H,1,3-4H2,(H2,10,11). The number of rotatable bonds is 1. The lowest BCUT2D eigenvalue weighted by atomic mass is 9.82. The Kier molecular flexibility index (Phi) is 1.23. The molecule has 2 nitrogen and oxygen atoms in total. The number of fused-ring (bicyclic) bond motifs is 1. The first-order valence-electron chi connectivity index (χ1n) is 3.75. The molecule has 2 N–H and O–H groups in total. The van der Waals surface area contributed by atoms with Crippen LogP contribution in [0.15, 0.2) is 28.5 Å². The number of amides is 1. The Labute approximate surface area is 65.1 Å². The number of hydrogen-bond donors (Lipinski definition) is 1. The van der Waals surface area contributed by atoms with Crippen molar-refractivity contribution in [2.75, 3.05) is 0 Å². The molecular weight excluding hydrogens is 138 g/mol. The predicted octanol–water partition coefficient (Wildman–Crippen LogP) is 1.05. The average Bonchev–Trinajstić information content (AvgIpc) is 1.91. The van der Waals surface area contributed by atoms with E-state index in [0.717, 1.165) is 12.8 Å². The van der Waals surface area contributed by atoms with Gasteiger partial charge in [0.2, 0.25) is 0 Å². The lowest BCUT2D eigenvalue weighted by molar-refractivity contribution is -0.114. The molecule has 0 aromatic carbocycles. The van der Waals surface area contributed by atoms with Gasteiger partial charge in [0.1, 0.15) is 0 Å². The van der Waals surface area contributed by atoms with Gasteiger partial charge in [0.15, 0.2) is 0 Å². The quantitative estimate of drug-likeness (QED) is 0.553. The molecular formula is C9H9NO. The molecule has 56 valence electrons. The van der Waals surface area contributed by atoms with Gasteiger partial charge in [-0.05, 0) is 24.0 Å². The Hall–Kier alpha value is -1.27. The van der Waals surface area contributed by atoms with Crippen LogP contribution < -0.4 is 5.73 Å². The maximum Gasteiger partial charge on any atom is 0.252 e. The van der Waals surface area contributed by atoms with Gasteiger partial charge in [0.05, 0.1) is 5.57 Å². The molecule has 0 heterocycles. The molecule has 2 aliphatic rings. The topological polar surface area (TPSA) is 43.1 Å². The van der Waals surface area contributed by atoms with E-state index in [9.17, 15) is 4.79 Å². The van der Waals surface area contributed by atoms with Crippen molar-refractivity contribution in [2.45, 2.75) is 19.3 Å². The minimum Gasteiger partial charge on any atom is -0.365 e. The van der Waals surface area contributed by atoms with Crippen molar-refractivity contribution in [1.29, 1.82) is 0 Å². The highest BCUT2D eigenvalue weighted by Gasteiger charge is 2.19. The maximum absolute atomic E-state index is 10.7. The zero-order chi connectivity index (χ0) is 7.84. The zero-order valence-electron chi connectivity index (χ0n) is 6.18. The third-order valence-electron chi connectivity index (χ3n) is 2.18. The van der Waals surface area contributed by atoms with E-state index in [1.54, 1.807) is 0 Å². The summed E-state index contributed by atoms with van der Waals surface area (Å²) in [5.74, 6) is -0.334. The van der Waals surface area contributed by atoms with E-state index in [4.69, 9.17) is 5.73 Å². The predicted molar refractivity (Wildman–Crippen MR) is 41.7 cm³/mol. The van der Waals surface area contributed by atoms with Crippen molar-refractivity contribution in [3.63, 3.8) is 0 Å². The number of carbonyl (C=O) groups is 1. The average molecular weight is 147 g/mol. The molecule has 2 rings (SSSR count). The molecule has 1 amide bonds. The normalized spacial score (nSPS) is 20.5. The first-order chi connectivity index (χ1) is 5.27. The van der Waals surface area contributed by atoms with Crippen LogP contribution in [0.5, 0.6) is 0 Å². The molecule has 2 heteroatoms. The molecule has 11 heavy (non-hydrogen) atoms. The molecule has 2 aliphatic carbocycles. The van der Waals surface area contributed by atoms with Crippen LogP contribution in [0, 0.1) is 0 Å². The summed E-state index contributed by atoms with van der Waals surface area (Å²) in [4.78, 5) is 10.7. The molecule has 0 bridgehead atoms. The monoisotopic (exact) mass is 147 g/mol. The maximum atomic E-state index is 10.7. The summed E-state index contributed by atoms with van der Waals surface area (Å²) in [6, 6.07) is 0. The van der Waals surface area contributed by atoms with Crippen molar-refractivity contribution in [3.8, 4) is 0 Å². The summed E-state index contributed by atoms with van der Waals surface area (Å²) >= 11 is 0. The minimum absolute atomic E-state index is 0.334. The van der Waals surface area contributed by atoms with Crippen LogP contribution in [0.2, 0.25) is 0 Å². The highest BCUT2D eigenvalue weighted by atomic mass is 16.1. The molecule has 1 fully saturated rings. The van der Waals surface area contributed by atoms with Gasteiger partial charge in [0.25, 0.3) is 5.91 Å². The number of carbonyl (C=O) groups excluding carboxylic acids is 1. The fourth-order valence-electron chi connectivity index (χ4n) is 1.38. The molecule has 0 spiro atoms. The zero-order valence-corrected chi connectivity index (χ0v) is 6.18. The first-order valence-corrected chi connectivity index (χ1v) is 3.75. The molecule has 1 saturated carbocycles. The molecule has 0 saturated heterocycles. The van der Waals surface area contributed by atoms with E-state index in [2.05, 4.69) is 11.8 Å². The highest BCUT2D eigenvalue weighted by molar-refractivity contribution is 5.92. The Morgan fingerprint density at radius 3 is 2.82 bits per heavy atom. The van der Waals surface area contributed by atoms with Gasteiger partial charge < -0.3 is 5.73 Å². The molecule has 0 aromatic rings. The number of primary amides is 1. The van der Waals surface area contributed by atoms with Gasteiger partial charge in [-0.1, -0.05) is 6.08 Å². The largest absolute Gasteiger partial charge is 0.365 e. The molecule has 0 atom stereocenters. The smallest absolute Gasteiger partial charge is 0.252 e. The SMILES string of the molecule is NC(=O)C1=C=C2CCC2=CC1. The Balaban J connectivity index is 2.41. The van der Waals surface area contributed by atoms with Crippen molar-refractivity contribution in [1.82, 2.24) is 0 Å². The highest BCUT2D eigenvalue weighted by Crippen LogP contribution is 2.35. The fraction of sp³-hybridized carbons (Fsp3) is 0.333. The van der Waals surface area contributed by atoms with E-state index < -0.39 is 0 Å². The van der Waals surface area contributed by atoms with E-state index in [1.165, 1.54) is 11.1 Å². The van der Waals surface area contributed by atoms with Crippen LogP contribution in [-0.4, -0.2) is 5.91 Å². The second-order valence-electron chi connectivity index (χ2n) is 2.88. The first kappa shape index (κ1) is 6.44. The lowest BCUT2D eigenvalue weighted by Gasteiger charge is -2.22. The van der Waals surface area contributed by atoms with E-state index >= 15 is 0 Å². The van der Waals surface area contributed by atoms with Crippen molar-refractivity contribution >= 4 is 5.91 Å². The second-order valence-corrected chi connectivity index (χ2v) is 2.88. The molecule has 0 aliphatic heterocycles. The third-order valence-corrected chi connectivity index (χ3v) is 2.18. The summed E-state index contributed by atoms with van der Waals surface area (Å²) in [6.07, 6.45) is 4.96. The minimum atomic E-state index is -0.334. The van der Waals surface area contributed by atoms with Crippen molar-refractivity contribution < 1.29 is 4.79 Å². The van der Waals surface area contributed by atoms with Crippen LogP contribution >= 0.6 is 0 Å². The van der Waals surface area contributed by atoms with Gasteiger partial charge in [0, 0.05) is 6.42 Å². The van der Waals surface area contributed by atoms with Gasteiger partial charge in [-0.3, -0.25) is 4.79 Å². The molecule has 0 radical (unpaired) electrons. The summed E-state index contributed by atoms with van der Waals surface area (Å²) in [6.45, 7) is 0.